The zero-order valence-corrected chi connectivity index (χ0v) is 17.8. The van der Waals surface area contributed by atoms with Gasteiger partial charge in [-0.05, 0) is 57.2 Å². The SMILES string of the molecule is Cc1cc2cc(C(=N)NC(C)O)c(N3CCC(NC4CCCC4)CC3)nc2cc1F. The van der Waals surface area contributed by atoms with Gasteiger partial charge in [0.25, 0.3) is 0 Å². The van der Waals surface area contributed by atoms with Gasteiger partial charge < -0.3 is 20.6 Å². The van der Waals surface area contributed by atoms with Crippen LogP contribution in [0, 0.1) is 18.2 Å². The van der Waals surface area contributed by atoms with Gasteiger partial charge in [0.1, 0.15) is 23.7 Å². The van der Waals surface area contributed by atoms with Crippen LogP contribution < -0.4 is 15.5 Å². The molecule has 1 saturated heterocycles. The van der Waals surface area contributed by atoms with Crippen LogP contribution in [0.3, 0.4) is 0 Å². The molecule has 6 nitrogen and oxygen atoms in total. The van der Waals surface area contributed by atoms with Gasteiger partial charge >= 0.3 is 0 Å². The first-order chi connectivity index (χ1) is 14.4. The molecule has 7 heteroatoms. The normalized spacial score (nSPS) is 19.4. The molecular weight excluding hydrogens is 381 g/mol. The fourth-order valence-corrected chi connectivity index (χ4v) is 4.70. The molecule has 0 radical (unpaired) electrons. The van der Waals surface area contributed by atoms with E-state index in [1.54, 1.807) is 19.9 Å². The van der Waals surface area contributed by atoms with E-state index in [2.05, 4.69) is 15.5 Å². The Kier molecular flexibility index (Phi) is 6.20. The zero-order valence-electron chi connectivity index (χ0n) is 17.8. The second-order valence-corrected chi connectivity index (χ2v) is 8.76. The Labute approximate surface area is 177 Å². The summed E-state index contributed by atoms with van der Waals surface area (Å²) in [6.07, 6.45) is 6.43. The van der Waals surface area contributed by atoms with Gasteiger partial charge in [-0.15, -0.1) is 0 Å². The summed E-state index contributed by atoms with van der Waals surface area (Å²) in [7, 11) is 0. The minimum Gasteiger partial charge on any atom is -0.374 e. The van der Waals surface area contributed by atoms with Crippen molar-refractivity contribution in [3.8, 4) is 0 Å². The molecule has 1 aromatic heterocycles. The van der Waals surface area contributed by atoms with Crippen LogP contribution in [0.2, 0.25) is 0 Å². The summed E-state index contributed by atoms with van der Waals surface area (Å²) in [6.45, 7) is 4.99. The number of piperidine rings is 1. The fraction of sp³-hybridized carbons (Fsp3) is 0.565. The lowest BCUT2D eigenvalue weighted by Gasteiger charge is -2.35. The van der Waals surface area contributed by atoms with Crippen molar-refractivity contribution in [3.63, 3.8) is 0 Å². The standard InChI is InChI=1S/C23H32FN5O/c1-14-11-16-12-19(22(25)26-15(2)30)23(28-21(16)13-20(14)24)29-9-7-18(8-10-29)27-17-5-3-4-6-17/h11-13,15,17-18,27,30H,3-10H2,1-2H3,(H2,25,26). The molecule has 4 rings (SSSR count). The maximum absolute atomic E-state index is 14.1. The molecule has 0 bridgehead atoms. The summed E-state index contributed by atoms with van der Waals surface area (Å²) < 4.78 is 14.1. The highest BCUT2D eigenvalue weighted by atomic mass is 19.1. The number of halogens is 1. The van der Waals surface area contributed by atoms with Crippen molar-refractivity contribution in [1.29, 1.82) is 5.41 Å². The van der Waals surface area contributed by atoms with Crippen molar-refractivity contribution in [2.45, 2.75) is 70.7 Å². The summed E-state index contributed by atoms with van der Waals surface area (Å²) in [5.41, 5.74) is 1.78. The number of rotatable bonds is 5. The van der Waals surface area contributed by atoms with Crippen molar-refractivity contribution in [2.24, 2.45) is 0 Å². The van der Waals surface area contributed by atoms with Gasteiger partial charge in [-0.2, -0.15) is 0 Å². The summed E-state index contributed by atoms with van der Waals surface area (Å²) >= 11 is 0. The number of aromatic nitrogens is 1. The van der Waals surface area contributed by atoms with Crippen molar-refractivity contribution in [3.05, 3.63) is 35.1 Å². The first-order valence-electron chi connectivity index (χ1n) is 11.1. The van der Waals surface area contributed by atoms with Gasteiger partial charge in [0, 0.05) is 36.6 Å². The van der Waals surface area contributed by atoms with Gasteiger partial charge in [0.05, 0.1) is 11.1 Å². The molecule has 1 unspecified atom stereocenters. The first kappa shape index (κ1) is 21.0. The number of pyridine rings is 1. The van der Waals surface area contributed by atoms with Gasteiger partial charge in [-0.1, -0.05) is 12.8 Å². The van der Waals surface area contributed by atoms with Gasteiger partial charge in [-0.3, -0.25) is 5.41 Å². The Hall–Kier alpha value is -2.25. The first-order valence-corrected chi connectivity index (χ1v) is 11.1. The lowest BCUT2D eigenvalue weighted by atomic mass is 10.0. The molecule has 1 aromatic carbocycles. The highest BCUT2D eigenvalue weighted by Crippen LogP contribution is 2.28. The third-order valence-electron chi connectivity index (χ3n) is 6.32. The molecule has 162 valence electrons. The fourth-order valence-electron chi connectivity index (χ4n) is 4.70. The summed E-state index contributed by atoms with van der Waals surface area (Å²) in [6, 6.07) is 6.29. The zero-order chi connectivity index (χ0) is 21.3. The molecule has 30 heavy (non-hydrogen) atoms. The number of benzene rings is 1. The Bertz CT molecular complexity index is 917. The van der Waals surface area contributed by atoms with Crippen LogP contribution in [0.5, 0.6) is 0 Å². The Morgan fingerprint density at radius 1 is 1.17 bits per heavy atom. The number of hydrogen-bond acceptors (Lipinski definition) is 5. The molecule has 0 amide bonds. The summed E-state index contributed by atoms with van der Waals surface area (Å²) in [5.74, 6) is 0.538. The number of nitrogens with zero attached hydrogens (tertiary/aromatic N) is 2. The number of aliphatic hydroxyl groups excluding tert-OH is 1. The van der Waals surface area contributed by atoms with Crippen LogP contribution in [0.1, 0.15) is 56.6 Å². The minimum absolute atomic E-state index is 0.127. The van der Waals surface area contributed by atoms with E-state index in [1.165, 1.54) is 31.7 Å². The van der Waals surface area contributed by atoms with Crippen molar-refractivity contribution < 1.29 is 9.50 Å². The van der Waals surface area contributed by atoms with E-state index in [4.69, 9.17) is 10.4 Å². The molecule has 2 heterocycles. The lowest BCUT2D eigenvalue weighted by molar-refractivity contribution is 0.180. The number of aryl methyl sites for hydroxylation is 1. The number of hydrogen-bond donors (Lipinski definition) is 4. The molecule has 4 N–H and O–H groups in total. The van der Waals surface area contributed by atoms with E-state index in [1.807, 2.05) is 6.07 Å². The van der Waals surface area contributed by atoms with E-state index >= 15 is 0 Å². The molecule has 2 aliphatic rings. The minimum atomic E-state index is -0.836. The summed E-state index contributed by atoms with van der Waals surface area (Å²) in [4.78, 5) is 6.95. The topological polar surface area (TPSA) is 84.3 Å². The van der Waals surface area contributed by atoms with E-state index in [0.29, 0.717) is 34.5 Å². The van der Waals surface area contributed by atoms with Crippen LogP contribution in [-0.2, 0) is 0 Å². The number of aliphatic hydroxyl groups is 1. The van der Waals surface area contributed by atoms with Gasteiger partial charge in [0.15, 0.2) is 0 Å². The van der Waals surface area contributed by atoms with Gasteiger partial charge in [0.2, 0.25) is 0 Å². The average molecular weight is 414 g/mol. The number of anilines is 1. The third kappa shape index (κ3) is 4.57. The highest BCUT2D eigenvalue weighted by molar-refractivity contribution is 6.04. The quantitative estimate of drug-likeness (QED) is 0.343. The predicted octanol–water partition coefficient (Wildman–Crippen LogP) is 3.44. The molecule has 0 spiro atoms. The molecule has 1 aliphatic carbocycles. The molecule has 1 saturated carbocycles. The van der Waals surface area contributed by atoms with Crippen LogP contribution in [0.4, 0.5) is 10.2 Å². The summed E-state index contributed by atoms with van der Waals surface area (Å²) in [5, 5.41) is 25.5. The van der Waals surface area contributed by atoms with Crippen LogP contribution >= 0.6 is 0 Å². The van der Waals surface area contributed by atoms with E-state index in [0.717, 1.165) is 31.3 Å². The Morgan fingerprint density at radius 3 is 2.50 bits per heavy atom. The molecule has 2 fully saturated rings. The van der Waals surface area contributed by atoms with E-state index < -0.39 is 6.23 Å². The number of nitrogens with one attached hydrogen (secondary N) is 3. The smallest absolute Gasteiger partial charge is 0.140 e. The van der Waals surface area contributed by atoms with Gasteiger partial charge in [-0.25, -0.2) is 9.37 Å². The van der Waals surface area contributed by atoms with Crippen LogP contribution in [0.25, 0.3) is 10.9 Å². The van der Waals surface area contributed by atoms with Crippen LogP contribution in [-0.4, -0.2) is 47.3 Å². The lowest BCUT2D eigenvalue weighted by Crippen LogP contribution is -2.46. The van der Waals surface area contributed by atoms with E-state index in [-0.39, 0.29) is 11.7 Å². The molecular formula is C23H32FN5O. The maximum atomic E-state index is 14.1. The highest BCUT2D eigenvalue weighted by Gasteiger charge is 2.26. The van der Waals surface area contributed by atoms with E-state index in [9.17, 15) is 9.50 Å². The van der Waals surface area contributed by atoms with Crippen molar-refractivity contribution >= 4 is 22.6 Å². The van der Waals surface area contributed by atoms with Crippen LogP contribution in [0.15, 0.2) is 18.2 Å². The molecule has 2 aromatic rings. The Balaban J connectivity index is 1.59. The largest absolute Gasteiger partial charge is 0.374 e. The second-order valence-electron chi connectivity index (χ2n) is 8.76. The molecule has 1 atom stereocenters. The van der Waals surface area contributed by atoms with Crippen molar-refractivity contribution in [1.82, 2.24) is 15.6 Å². The molecule has 1 aliphatic heterocycles. The monoisotopic (exact) mass is 413 g/mol. The number of amidine groups is 1. The number of fused-ring (bicyclic) bond motifs is 1. The van der Waals surface area contributed by atoms with Crippen molar-refractivity contribution in [2.75, 3.05) is 18.0 Å². The third-order valence-corrected chi connectivity index (χ3v) is 6.32. The predicted molar refractivity (Wildman–Crippen MR) is 119 cm³/mol. The second kappa shape index (κ2) is 8.86. The average Bonchev–Trinajstić information content (AvgIpc) is 3.21. The Morgan fingerprint density at radius 2 is 1.83 bits per heavy atom. The maximum Gasteiger partial charge on any atom is 0.140 e.